The molecule has 0 N–H and O–H groups in total. The summed E-state index contributed by atoms with van der Waals surface area (Å²) < 4.78 is 11.5. The van der Waals surface area contributed by atoms with Gasteiger partial charge in [-0.05, 0) is 55.2 Å². The first-order valence-corrected chi connectivity index (χ1v) is 9.87. The summed E-state index contributed by atoms with van der Waals surface area (Å²) >= 11 is 0. The number of ether oxygens (including phenoxy) is 1. The fourth-order valence-electron chi connectivity index (χ4n) is 3.62. The minimum atomic E-state index is -0.114. The fraction of sp³-hybridized carbons (Fsp3) is 0.455. The maximum Gasteiger partial charge on any atom is 0.260 e. The molecule has 6 nitrogen and oxygen atoms in total. The molecule has 148 valence electrons. The number of carbonyl (C=O) groups excluding carboxylic acids is 2. The first-order chi connectivity index (χ1) is 13.5. The molecule has 0 unspecified atom stereocenters. The van der Waals surface area contributed by atoms with Crippen LogP contribution in [-0.4, -0.2) is 36.9 Å². The molecular formula is C22H26N2O4. The molecule has 1 aromatic heterocycles. The quantitative estimate of drug-likeness (QED) is 0.734. The van der Waals surface area contributed by atoms with Crippen LogP contribution < -0.4 is 9.64 Å². The van der Waals surface area contributed by atoms with Gasteiger partial charge in [0, 0.05) is 31.6 Å². The second-order valence-electron chi connectivity index (χ2n) is 7.80. The number of hydrogen-bond acceptors (Lipinski definition) is 4. The number of likely N-dealkylation sites (N-methyl/N-ethyl adjacent to an activating group) is 1. The lowest BCUT2D eigenvalue weighted by atomic mass is 10.3. The lowest BCUT2D eigenvalue weighted by Gasteiger charge is -2.17. The monoisotopic (exact) mass is 382 g/mol. The highest BCUT2D eigenvalue weighted by Gasteiger charge is 2.36. The van der Waals surface area contributed by atoms with E-state index in [-0.39, 0.29) is 18.4 Å². The summed E-state index contributed by atoms with van der Waals surface area (Å²) in [4.78, 5) is 27.5. The molecule has 1 saturated heterocycles. The molecule has 0 radical (unpaired) electrons. The maximum absolute atomic E-state index is 12.4. The molecule has 6 heteroatoms. The Morgan fingerprint density at radius 2 is 2.00 bits per heavy atom. The van der Waals surface area contributed by atoms with Crippen LogP contribution in [0.4, 0.5) is 5.69 Å². The Morgan fingerprint density at radius 1 is 1.25 bits per heavy atom. The molecular weight excluding hydrogens is 356 g/mol. The molecule has 2 aromatic rings. The van der Waals surface area contributed by atoms with E-state index in [0.717, 1.165) is 30.2 Å². The van der Waals surface area contributed by atoms with E-state index in [1.807, 2.05) is 24.3 Å². The summed E-state index contributed by atoms with van der Waals surface area (Å²) in [6.45, 7) is 3.37. The Balaban J connectivity index is 1.26. The minimum absolute atomic E-state index is 0.0360. The molecule has 2 heterocycles. The van der Waals surface area contributed by atoms with Crippen molar-refractivity contribution in [1.29, 1.82) is 0 Å². The SMILES string of the molecule is C[C@@H]1C[C@H]1c1ccc(CN(C)C(=O)COc2ccc(N3CCCC3=O)cc2)o1. The van der Waals surface area contributed by atoms with Crippen molar-refractivity contribution in [3.8, 4) is 5.75 Å². The first-order valence-electron chi connectivity index (χ1n) is 9.87. The molecule has 0 bridgehead atoms. The van der Waals surface area contributed by atoms with Gasteiger partial charge in [-0.15, -0.1) is 0 Å². The van der Waals surface area contributed by atoms with Crippen LogP contribution in [0.5, 0.6) is 5.75 Å². The fourth-order valence-corrected chi connectivity index (χ4v) is 3.62. The number of hydrogen-bond donors (Lipinski definition) is 0. The van der Waals surface area contributed by atoms with E-state index in [1.54, 1.807) is 29.0 Å². The van der Waals surface area contributed by atoms with Gasteiger partial charge in [-0.3, -0.25) is 9.59 Å². The van der Waals surface area contributed by atoms with Crippen LogP contribution in [0.3, 0.4) is 0 Å². The van der Waals surface area contributed by atoms with Gasteiger partial charge in [0.05, 0.1) is 6.54 Å². The van der Waals surface area contributed by atoms with Gasteiger partial charge in [0.2, 0.25) is 5.91 Å². The summed E-state index contributed by atoms with van der Waals surface area (Å²) in [5.41, 5.74) is 0.872. The van der Waals surface area contributed by atoms with Crippen molar-refractivity contribution in [3.05, 3.63) is 47.9 Å². The van der Waals surface area contributed by atoms with Gasteiger partial charge in [-0.25, -0.2) is 0 Å². The second-order valence-corrected chi connectivity index (χ2v) is 7.80. The van der Waals surface area contributed by atoms with E-state index in [2.05, 4.69) is 6.92 Å². The zero-order chi connectivity index (χ0) is 19.7. The maximum atomic E-state index is 12.4. The number of amides is 2. The average molecular weight is 382 g/mol. The molecule has 1 saturated carbocycles. The van der Waals surface area contributed by atoms with E-state index in [9.17, 15) is 9.59 Å². The Hall–Kier alpha value is -2.76. The lowest BCUT2D eigenvalue weighted by molar-refractivity contribution is -0.132. The second kappa shape index (κ2) is 7.70. The summed E-state index contributed by atoms with van der Waals surface area (Å²) in [5.74, 6) is 3.71. The Bertz CT molecular complexity index is 858. The van der Waals surface area contributed by atoms with Gasteiger partial charge >= 0.3 is 0 Å². The van der Waals surface area contributed by atoms with Crippen molar-refractivity contribution in [2.24, 2.45) is 5.92 Å². The largest absolute Gasteiger partial charge is 0.484 e. The number of furan rings is 1. The van der Waals surface area contributed by atoms with E-state index in [0.29, 0.717) is 30.6 Å². The minimum Gasteiger partial charge on any atom is -0.484 e. The Labute approximate surface area is 165 Å². The normalized spacial score (nSPS) is 21.1. The molecule has 28 heavy (non-hydrogen) atoms. The number of carbonyl (C=O) groups is 2. The third-order valence-electron chi connectivity index (χ3n) is 5.56. The summed E-state index contributed by atoms with van der Waals surface area (Å²) in [6, 6.07) is 11.3. The van der Waals surface area contributed by atoms with Crippen LogP contribution in [0.25, 0.3) is 0 Å². The molecule has 2 aliphatic rings. The molecule has 2 fully saturated rings. The van der Waals surface area contributed by atoms with Crippen molar-refractivity contribution >= 4 is 17.5 Å². The van der Waals surface area contributed by atoms with E-state index >= 15 is 0 Å². The van der Waals surface area contributed by atoms with Gasteiger partial charge in [0.25, 0.3) is 5.91 Å². The highest BCUT2D eigenvalue weighted by molar-refractivity contribution is 5.95. The Morgan fingerprint density at radius 3 is 2.64 bits per heavy atom. The lowest BCUT2D eigenvalue weighted by Crippen LogP contribution is -2.30. The van der Waals surface area contributed by atoms with Crippen molar-refractivity contribution in [2.75, 3.05) is 25.1 Å². The summed E-state index contributed by atoms with van der Waals surface area (Å²) in [5, 5.41) is 0. The zero-order valence-electron chi connectivity index (χ0n) is 16.4. The van der Waals surface area contributed by atoms with Gasteiger partial charge in [-0.2, -0.15) is 0 Å². The first kappa shape index (κ1) is 18.6. The van der Waals surface area contributed by atoms with E-state index in [4.69, 9.17) is 9.15 Å². The van der Waals surface area contributed by atoms with Crippen LogP contribution >= 0.6 is 0 Å². The van der Waals surface area contributed by atoms with E-state index < -0.39 is 0 Å². The zero-order valence-corrected chi connectivity index (χ0v) is 16.4. The molecule has 1 aromatic carbocycles. The number of benzene rings is 1. The van der Waals surface area contributed by atoms with Gasteiger partial charge in [-0.1, -0.05) is 6.92 Å². The molecule has 2 atom stereocenters. The van der Waals surface area contributed by atoms with Crippen LogP contribution in [0.1, 0.15) is 43.6 Å². The molecule has 0 spiro atoms. The smallest absolute Gasteiger partial charge is 0.260 e. The topological polar surface area (TPSA) is 63.0 Å². The number of rotatable bonds is 7. The van der Waals surface area contributed by atoms with Crippen LogP contribution in [0.2, 0.25) is 0 Å². The van der Waals surface area contributed by atoms with E-state index in [1.165, 1.54) is 6.42 Å². The molecule has 1 aliphatic carbocycles. The van der Waals surface area contributed by atoms with Gasteiger partial charge < -0.3 is 19.0 Å². The van der Waals surface area contributed by atoms with Crippen molar-refractivity contribution in [2.45, 2.75) is 38.6 Å². The molecule has 4 rings (SSSR count). The number of anilines is 1. The van der Waals surface area contributed by atoms with Crippen LogP contribution in [-0.2, 0) is 16.1 Å². The average Bonchev–Trinajstić information content (AvgIpc) is 3.06. The van der Waals surface area contributed by atoms with Crippen molar-refractivity contribution in [1.82, 2.24) is 4.90 Å². The summed E-state index contributed by atoms with van der Waals surface area (Å²) in [7, 11) is 1.75. The highest BCUT2D eigenvalue weighted by atomic mass is 16.5. The van der Waals surface area contributed by atoms with Crippen LogP contribution in [0, 0.1) is 5.92 Å². The summed E-state index contributed by atoms with van der Waals surface area (Å²) in [6.07, 6.45) is 2.69. The predicted octanol–water partition coefficient (Wildman–Crippen LogP) is 3.57. The third-order valence-corrected chi connectivity index (χ3v) is 5.56. The number of nitrogens with zero attached hydrogens (tertiary/aromatic N) is 2. The Kier molecular flexibility index (Phi) is 5.11. The van der Waals surface area contributed by atoms with Crippen molar-refractivity contribution in [3.63, 3.8) is 0 Å². The van der Waals surface area contributed by atoms with Crippen molar-refractivity contribution < 1.29 is 18.7 Å². The molecule has 2 amide bonds. The highest BCUT2D eigenvalue weighted by Crippen LogP contribution is 2.47. The van der Waals surface area contributed by atoms with Crippen LogP contribution in [0.15, 0.2) is 40.8 Å². The standard InChI is InChI=1S/C22H26N2O4/c1-15-12-19(15)20-10-9-18(28-20)13-23(2)22(26)14-27-17-7-5-16(6-8-17)24-11-3-4-21(24)25/h5-10,15,19H,3-4,11-14H2,1-2H3/t15-,19-/m1/s1. The predicted molar refractivity (Wildman–Crippen MR) is 105 cm³/mol. The van der Waals surface area contributed by atoms with Gasteiger partial charge in [0.15, 0.2) is 6.61 Å². The van der Waals surface area contributed by atoms with Gasteiger partial charge in [0.1, 0.15) is 17.3 Å². The third kappa shape index (κ3) is 4.06. The molecule has 1 aliphatic heterocycles.